The van der Waals surface area contributed by atoms with E-state index < -0.39 is 124 Å². The van der Waals surface area contributed by atoms with E-state index >= 15 is 0 Å². The summed E-state index contributed by atoms with van der Waals surface area (Å²) in [5, 5.41) is 120. The average molecular weight is 1240 g/mol. The van der Waals surface area contributed by atoms with Crippen molar-refractivity contribution in [2.75, 3.05) is 26.4 Å². The van der Waals surface area contributed by atoms with Crippen LogP contribution in [0.4, 0.5) is 0 Å². The number of allylic oxidation sites excluding steroid dienone is 11. The van der Waals surface area contributed by atoms with Crippen molar-refractivity contribution in [2.24, 2.45) is 0 Å². The molecule has 0 radical (unpaired) electrons. The molecule has 504 valence electrons. The summed E-state index contributed by atoms with van der Waals surface area (Å²) in [6, 6.07) is -1.02. The van der Waals surface area contributed by atoms with Gasteiger partial charge in [-0.2, -0.15) is 0 Å². The van der Waals surface area contributed by atoms with Crippen LogP contribution in [0.5, 0.6) is 0 Å². The molecule has 3 saturated heterocycles. The Bertz CT molecular complexity index is 1860. The Labute approximate surface area is 521 Å². The van der Waals surface area contributed by atoms with Crippen LogP contribution < -0.4 is 5.32 Å². The van der Waals surface area contributed by atoms with E-state index in [1.807, 2.05) is 6.08 Å². The number of aliphatic hydroxyl groups is 11. The molecule has 3 heterocycles. The Kier molecular flexibility index (Phi) is 45.0. The maximum atomic E-state index is 13.3. The van der Waals surface area contributed by atoms with E-state index in [4.69, 9.17) is 28.4 Å². The van der Waals surface area contributed by atoms with E-state index in [0.29, 0.717) is 12.8 Å². The zero-order valence-electron chi connectivity index (χ0n) is 53.0. The molecule has 3 aliphatic rings. The van der Waals surface area contributed by atoms with Gasteiger partial charge in [-0.1, -0.05) is 209 Å². The van der Waals surface area contributed by atoms with Crippen molar-refractivity contribution in [1.82, 2.24) is 5.32 Å². The molecular weight excluding hydrogens is 1120 g/mol. The summed E-state index contributed by atoms with van der Waals surface area (Å²) in [5.41, 5.74) is 0. The predicted molar refractivity (Wildman–Crippen MR) is 337 cm³/mol. The topological polar surface area (TPSA) is 307 Å². The smallest absolute Gasteiger partial charge is 0.220 e. The highest BCUT2D eigenvalue weighted by Gasteiger charge is 2.53. The van der Waals surface area contributed by atoms with Crippen LogP contribution in [0, 0.1) is 0 Å². The molecule has 3 aliphatic heterocycles. The van der Waals surface area contributed by atoms with Crippen LogP contribution in [-0.4, -0.2) is 193 Å². The second-order valence-corrected chi connectivity index (χ2v) is 23.9. The van der Waals surface area contributed by atoms with Gasteiger partial charge in [0.05, 0.1) is 38.6 Å². The average Bonchev–Trinajstić information content (AvgIpc) is 2.79. The van der Waals surface area contributed by atoms with Crippen LogP contribution in [0.25, 0.3) is 0 Å². The lowest BCUT2D eigenvalue weighted by atomic mass is 9.96. The highest BCUT2D eigenvalue weighted by molar-refractivity contribution is 5.76. The Morgan fingerprint density at radius 2 is 0.805 bits per heavy atom. The number of carbonyl (C=O) groups excluding carboxylic acids is 1. The molecule has 0 aromatic rings. The van der Waals surface area contributed by atoms with Gasteiger partial charge in [0, 0.05) is 6.42 Å². The van der Waals surface area contributed by atoms with Crippen LogP contribution in [-0.2, 0) is 33.2 Å². The highest BCUT2D eigenvalue weighted by atomic mass is 16.8. The molecule has 0 spiro atoms. The molecular formula is C68H119NO18. The van der Waals surface area contributed by atoms with Crippen LogP contribution in [0.2, 0.25) is 0 Å². The number of aliphatic hydroxyl groups excluding tert-OH is 11. The molecule has 17 unspecified atom stereocenters. The molecule has 19 heteroatoms. The molecule has 0 aromatic carbocycles. The third kappa shape index (κ3) is 32.4. The summed E-state index contributed by atoms with van der Waals surface area (Å²) in [6.45, 7) is 1.55. The Morgan fingerprint density at radius 3 is 1.29 bits per heavy atom. The molecule has 0 aromatic heterocycles. The van der Waals surface area contributed by atoms with Crippen LogP contribution in [0.1, 0.15) is 219 Å². The van der Waals surface area contributed by atoms with Gasteiger partial charge in [-0.25, -0.2) is 0 Å². The van der Waals surface area contributed by atoms with Gasteiger partial charge < -0.3 is 89.9 Å². The van der Waals surface area contributed by atoms with Crippen molar-refractivity contribution < 1.29 is 89.4 Å². The number of rotatable bonds is 50. The van der Waals surface area contributed by atoms with Gasteiger partial charge in [-0.05, 0) is 77.0 Å². The molecule has 0 bridgehead atoms. The quantitative estimate of drug-likeness (QED) is 0.0202. The fourth-order valence-corrected chi connectivity index (χ4v) is 11.0. The van der Waals surface area contributed by atoms with E-state index in [2.05, 4.69) is 79.9 Å². The molecule has 17 atom stereocenters. The monoisotopic (exact) mass is 1240 g/mol. The number of nitrogens with one attached hydrogen (secondary N) is 1. The molecule has 0 aliphatic carbocycles. The summed E-state index contributed by atoms with van der Waals surface area (Å²) in [5.74, 6) is -0.321. The fraction of sp³-hybridized carbons (Fsp3) is 0.809. The minimum absolute atomic E-state index is 0.193. The summed E-state index contributed by atoms with van der Waals surface area (Å²) < 4.78 is 34.2. The molecule has 1 amide bonds. The van der Waals surface area contributed by atoms with Crippen molar-refractivity contribution in [1.29, 1.82) is 0 Å². The maximum Gasteiger partial charge on any atom is 0.220 e. The van der Waals surface area contributed by atoms with E-state index in [1.165, 1.54) is 122 Å². The van der Waals surface area contributed by atoms with Gasteiger partial charge in [0.15, 0.2) is 18.9 Å². The first-order valence-electron chi connectivity index (χ1n) is 33.7. The highest BCUT2D eigenvalue weighted by Crippen LogP contribution is 2.33. The van der Waals surface area contributed by atoms with Gasteiger partial charge in [-0.3, -0.25) is 4.79 Å². The van der Waals surface area contributed by atoms with E-state index in [9.17, 15) is 61.0 Å². The zero-order valence-corrected chi connectivity index (χ0v) is 53.0. The maximum absolute atomic E-state index is 13.3. The molecule has 3 fully saturated rings. The first kappa shape index (κ1) is 78.5. The summed E-state index contributed by atoms with van der Waals surface area (Å²) >= 11 is 0. The number of amides is 1. The summed E-state index contributed by atoms with van der Waals surface area (Å²) in [7, 11) is 0. The van der Waals surface area contributed by atoms with Crippen LogP contribution >= 0.6 is 0 Å². The van der Waals surface area contributed by atoms with Gasteiger partial charge in [0.2, 0.25) is 5.91 Å². The molecule has 19 nitrogen and oxygen atoms in total. The molecule has 3 rings (SSSR count). The number of carbonyl (C=O) groups is 1. The first-order chi connectivity index (χ1) is 42.3. The minimum atomic E-state index is -1.99. The van der Waals surface area contributed by atoms with E-state index in [1.54, 1.807) is 6.08 Å². The Balaban J connectivity index is 1.44. The summed E-state index contributed by atoms with van der Waals surface area (Å²) in [6.07, 6.45) is 34.9. The molecule has 87 heavy (non-hydrogen) atoms. The minimum Gasteiger partial charge on any atom is -0.394 e. The standard InChI is InChI=1S/C68H119NO18/c1-3-5-7-9-11-13-15-17-18-19-20-21-22-23-24-25-26-27-28-29-30-31-32-34-35-37-39-41-43-45-52(73)51(69-56(74)46-44-42-40-38-36-33-16-14-12-10-8-6-4-2)50-82-66-62(80)59(77)64(54(48-71)84-66)87-68-63(81)60(78)65(55(49-72)85-68)86-67-61(79)58(76)57(75)53(47-70)83-67/h6,8,12,14,30-31,33,35-37,43,45,51-55,57-68,70-73,75-81H,3-5,7,9-11,13,15-29,32,34,38-42,44,46-50H2,1-2H3,(H,69,74)/b8-6-,14-12-,31-30+,36-33-,37-35+,45-43+. The van der Waals surface area contributed by atoms with E-state index in [-0.39, 0.29) is 18.9 Å². The van der Waals surface area contributed by atoms with Gasteiger partial charge in [-0.15, -0.1) is 0 Å². The Morgan fingerprint density at radius 1 is 0.425 bits per heavy atom. The second-order valence-electron chi connectivity index (χ2n) is 23.9. The number of hydrogen-bond donors (Lipinski definition) is 12. The predicted octanol–water partition coefficient (Wildman–Crippen LogP) is 8.16. The third-order valence-corrected chi connectivity index (χ3v) is 16.5. The van der Waals surface area contributed by atoms with Crippen molar-refractivity contribution in [3.63, 3.8) is 0 Å². The first-order valence-corrected chi connectivity index (χ1v) is 33.7. The SMILES string of the molecule is CC/C=C\C/C=C\C/C=C\CCCCCC(=O)NC(COC1OC(CO)C(OC2OC(CO)C(OC3OC(CO)C(O)C(O)C3O)C(O)C2O)C(O)C1O)C(O)/C=C/CC/C=C/CC/C=C/CCCCCCCCCCCCCCCCCCCCC. The third-order valence-electron chi connectivity index (χ3n) is 16.5. The Hall–Kier alpha value is -2.77. The number of ether oxygens (including phenoxy) is 6. The summed E-state index contributed by atoms with van der Waals surface area (Å²) in [4.78, 5) is 13.3. The molecule has 0 saturated carbocycles. The molecule has 12 N–H and O–H groups in total. The lowest BCUT2D eigenvalue weighted by molar-refractivity contribution is -0.379. The fourth-order valence-electron chi connectivity index (χ4n) is 11.0. The number of unbranched alkanes of at least 4 members (excludes halogenated alkanes) is 24. The lowest BCUT2D eigenvalue weighted by Gasteiger charge is -2.48. The number of hydrogen-bond acceptors (Lipinski definition) is 18. The van der Waals surface area contributed by atoms with Crippen molar-refractivity contribution >= 4 is 5.91 Å². The van der Waals surface area contributed by atoms with Gasteiger partial charge >= 0.3 is 0 Å². The largest absolute Gasteiger partial charge is 0.394 e. The van der Waals surface area contributed by atoms with Crippen molar-refractivity contribution in [3.8, 4) is 0 Å². The van der Waals surface area contributed by atoms with E-state index in [0.717, 1.165) is 64.2 Å². The zero-order chi connectivity index (χ0) is 63.3. The van der Waals surface area contributed by atoms with Crippen molar-refractivity contribution in [3.05, 3.63) is 72.9 Å². The van der Waals surface area contributed by atoms with Gasteiger partial charge in [0.25, 0.3) is 0 Å². The van der Waals surface area contributed by atoms with Crippen LogP contribution in [0.3, 0.4) is 0 Å². The second kappa shape index (κ2) is 49.9. The van der Waals surface area contributed by atoms with Crippen molar-refractivity contribution in [2.45, 2.75) is 324 Å². The van der Waals surface area contributed by atoms with Gasteiger partial charge in [0.1, 0.15) is 73.2 Å². The van der Waals surface area contributed by atoms with Crippen LogP contribution in [0.15, 0.2) is 72.9 Å². The lowest BCUT2D eigenvalue weighted by Crippen LogP contribution is -2.66. The normalized spacial score (nSPS) is 29.0.